The first kappa shape index (κ1) is 13.8. The lowest BCUT2D eigenvalue weighted by Crippen LogP contribution is -2.17. The summed E-state index contributed by atoms with van der Waals surface area (Å²) in [5.41, 5.74) is 1.10. The molecule has 102 valence electrons. The number of nitrogens with one attached hydrogen (secondary N) is 2. The minimum absolute atomic E-state index is 0.0589. The summed E-state index contributed by atoms with van der Waals surface area (Å²) in [6.45, 7) is 5.50. The maximum atomic E-state index is 5.83. The average Bonchev–Trinajstić information content (AvgIpc) is 2.87. The van der Waals surface area contributed by atoms with Crippen LogP contribution in [0, 0.1) is 0 Å². The summed E-state index contributed by atoms with van der Waals surface area (Å²) in [5.74, 6) is 0.584. The average molecular weight is 281 g/mol. The van der Waals surface area contributed by atoms with Gasteiger partial charge in [-0.1, -0.05) is 35.8 Å². The quantitative estimate of drug-likeness (QED) is 0.852. The number of benzene rings is 1. The zero-order chi connectivity index (χ0) is 13.7. The van der Waals surface area contributed by atoms with Crippen LogP contribution in [0.25, 0.3) is 0 Å². The molecule has 1 heterocycles. The Morgan fingerprint density at radius 3 is 2.68 bits per heavy atom. The van der Waals surface area contributed by atoms with E-state index in [1.54, 1.807) is 0 Å². The Morgan fingerprint density at radius 1 is 1.26 bits per heavy atom. The van der Waals surface area contributed by atoms with Crippen LogP contribution in [0.3, 0.4) is 0 Å². The van der Waals surface area contributed by atoms with E-state index >= 15 is 0 Å². The van der Waals surface area contributed by atoms with E-state index in [9.17, 15) is 0 Å². The SMILES string of the molecule is CCNC(C)c1nnc(NCc2ccc(Cl)cc2)o1. The molecule has 1 atom stereocenters. The van der Waals surface area contributed by atoms with Crippen molar-refractivity contribution < 1.29 is 4.42 Å². The summed E-state index contributed by atoms with van der Waals surface area (Å²) in [6, 6.07) is 8.09. The third kappa shape index (κ3) is 3.94. The van der Waals surface area contributed by atoms with Crippen LogP contribution in [-0.4, -0.2) is 16.7 Å². The van der Waals surface area contributed by atoms with Crippen molar-refractivity contribution in [3.63, 3.8) is 0 Å². The largest absolute Gasteiger partial charge is 0.406 e. The Labute approximate surface area is 117 Å². The maximum absolute atomic E-state index is 5.83. The van der Waals surface area contributed by atoms with Crippen LogP contribution in [0.2, 0.25) is 5.02 Å². The van der Waals surface area contributed by atoms with E-state index in [4.69, 9.17) is 16.0 Å². The van der Waals surface area contributed by atoms with Crippen molar-refractivity contribution in [2.24, 2.45) is 0 Å². The molecule has 0 fully saturated rings. The molecule has 0 amide bonds. The van der Waals surface area contributed by atoms with Gasteiger partial charge in [0.2, 0.25) is 5.89 Å². The predicted molar refractivity (Wildman–Crippen MR) is 75.2 cm³/mol. The van der Waals surface area contributed by atoms with Gasteiger partial charge in [0.15, 0.2) is 0 Å². The van der Waals surface area contributed by atoms with E-state index in [2.05, 4.69) is 20.8 Å². The van der Waals surface area contributed by atoms with E-state index in [0.717, 1.165) is 17.1 Å². The minimum atomic E-state index is 0.0589. The van der Waals surface area contributed by atoms with Crippen LogP contribution in [0.1, 0.15) is 31.3 Å². The molecule has 0 radical (unpaired) electrons. The molecule has 0 aliphatic rings. The van der Waals surface area contributed by atoms with E-state index < -0.39 is 0 Å². The van der Waals surface area contributed by atoms with Crippen LogP contribution >= 0.6 is 11.6 Å². The fourth-order valence-electron chi connectivity index (χ4n) is 1.65. The molecule has 1 unspecified atom stereocenters. The molecule has 5 nitrogen and oxygen atoms in total. The zero-order valence-electron chi connectivity index (χ0n) is 11.0. The predicted octanol–water partition coefficient (Wildman–Crippen LogP) is 3.01. The highest BCUT2D eigenvalue weighted by Crippen LogP contribution is 2.15. The first-order chi connectivity index (χ1) is 9.19. The van der Waals surface area contributed by atoms with E-state index in [0.29, 0.717) is 18.5 Å². The summed E-state index contributed by atoms with van der Waals surface area (Å²) in [4.78, 5) is 0. The molecule has 2 rings (SSSR count). The molecule has 19 heavy (non-hydrogen) atoms. The number of aromatic nitrogens is 2. The van der Waals surface area contributed by atoms with Gasteiger partial charge in [0.05, 0.1) is 6.04 Å². The van der Waals surface area contributed by atoms with E-state index in [1.807, 2.05) is 38.1 Å². The zero-order valence-corrected chi connectivity index (χ0v) is 11.7. The van der Waals surface area contributed by atoms with Gasteiger partial charge in [-0.25, -0.2) is 0 Å². The van der Waals surface area contributed by atoms with Gasteiger partial charge in [0.25, 0.3) is 0 Å². The second-order valence-electron chi connectivity index (χ2n) is 4.20. The Morgan fingerprint density at radius 2 is 2.00 bits per heavy atom. The lowest BCUT2D eigenvalue weighted by atomic mass is 10.2. The third-order valence-electron chi connectivity index (χ3n) is 2.68. The normalized spacial score (nSPS) is 12.4. The van der Waals surface area contributed by atoms with Gasteiger partial charge >= 0.3 is 6.01 Å². The Balaban J connectivity index is 1.91. The first-order valence-electron chi connectivity index (χ1n) is 6.24. The molecular weight excluding hydrogens is 264 g/mol. The number of anilines is 1. The molecule has 0 aliphatic heterocycles. The lowest BCUT2D eigenvalue weighted by molar-refractivity contribution is 0.428. The smallest absolute Gasteiger partial charge is 0.315 e. The maximum Gasteiger partial charge on any atom is 0.315 e. The highest BCUT2D eigenvalue weighted by atomic mass is 35.5. The number of rotatable bonds is 6. The standard InChI is InChI=1S/C13H17ClN4O/c1-3-15-9(2)12-17-18-13(19-12)16-8-10-4-6-11(14)7-5-10/h4-7,9,15H,3,8H2,1-2H3,(H,16,18). The number of hydrogen-bond acceptors (Lipinski definition) is 5. The van der Waals surface area contributed by atoms with Gasteiger partial charge in [0, 0.05) is 11.6 Å². The third-order valence-corrected chi connectivity index (χ3v) is 2.93. The van der Waals surface area contributed by atoms with Crippen molar-refractivity contribution in [3.8, 4) is 0 Å². The first-order valence-corrected chi connectivity index (χ1v) is 6.62. The molecule has 0 saturated heterocycles. The minimum Gasteiger partial charge on any atom is -0.406 e. The summed E-state index contributed by atoms with van der Waals surface area (Å²) >= 11 is 5.83. The van der Waals surface area contributed by atoms with Crippen LogP contribution in [0.4, 0.5) is 6.01 Å². The van der Waals surface area contributed by atoms with Crippen LogP contribution in [-0.2, 0) is 6.54 Å². The van der Waals surface area contributed by atoms with Crippen molar-refractivity contribution in [1.82, 2.24) is 15.5 Å². The van der Waals surface area contributed by atoms with Gasteiger partial charge < -0.3 is 15.1 Å². The van der Waals surface area contributed by atoms with Gasteiger partial charge in [-0.15, -0.1) is 5.10 Å². The Hall–Kier alpha value is -1.59. The van der Waals surface area contributed by atoms with Gasteiger partial charge in [0.1, 0.15) is 0 Å². The van der Waals surface area contributed by atoms with Crippen LogP contribution in [0.15, 0.2) is 28.7 Å². The van der Waals surface area contributed by atoms with Gasteiger partial charge in [-0.2, -0.15) is 0 Å². The van der Waals surface area contributed by atoms with Crippen molar-refractivity contribution >= 4 is 17.6 Å². The summed E-state index contributed by atoms with van der Waals surface area (Å²) in [7, 11) is 0. The second kappa shape index (κ2) is 6.54. The van der Waals surface area contributed by atoms with E-state index in [-0.39, 0.29) is 6.04 Å². The highest BCUT2D eigenvalue weighted by Gasteiger charge is 2.12. The molecule has 6 heteroatoms. The number of nitrogens with zero attached hydrogens (tertiary/aromatic N) is 2. The molecule has 1 aromatic heterocycles. The summed E-state index contributed by atoms with van der Waals surface area (Å²) < 4.78 is 5.52. The van der Waals surface area contributed by atoms with Gasteiger partial charge in [-0.3, -0.25) is 0 Å². The van der Waals surface area contributed by atoms with Crippen molar-refractivity contribution in [2.75, 3.05) is 11.9 Å². The summed E-state index contributed by atoms with van der Waals surface area (Å²) in [6.07, 6.45) is 0. The van der Waals surface area contributed by atoms with E-state index in [1.165, 1.54) is 0 Å². The van der Waals surface area contributed by atoms with Crippen molar-refractivity contribution in [2.45, 2.75) is 26.4 Å². The van der Waals surface area contributed by atoms with Gasteiger partial charge in [-0.05, 0) is 31.2 Å². The molecular formula is C13H17ClN4O. The van der Waals surface area contributed by atoms with Crippen LogP contribution < -0.4 is 10.6 Å². The molecule has 0 saturated carbocycles. The molecule has 0 bridgehead atoms. The molecule has 1 aromatic carbocycles. The van der Waals surface area contributed by atoms with Crippen LogP contribution in [0.5, 0.6) is 0 Å². The number of hydrogen-bond donors (Lipinski definition) is 2. The fourth-order valence-corrected chi connectivity index (χ4v) is 1.78. The molecule has 2 N–H and O–H groups in total. The second-order valence-corrected chi connectivity index (χ2v) is 4.64. The number of halogens is 1. The Bertz CT molecular complexity index is 512. The Kier molecular flexibility index (Phi) is 4.76. The molecule has 0 spiro atoms. The topological polar surface area (TPSA) is 63.0 Å². The molecule has 0 aliphatic carbocycles. The monoisotopic (exact) mass is 280 g/mol. The fraction of sp³-hybridized carbons (Fsp3) is 0.385. The van der Waals surface area contributed by atoms with Crippen molar-refractivity contribution in [1.29, 1.82) is 0 Å². The highest BCUT2D eigenvalue weighted by molar-refractivity contribution is 6.30. The summed E-state index contributed by atoms with van der Waals surface area (Å²) in [5, 5.41) is 15.0. The van der Waals surface area contributed by atoms with Crippen molar-refractivity contribution in [3.05, 3.63) is 40.7 Å². The lowest BCUT2D eigenvalue weighted by Gasteiger charge is -2.06. The molecule has 2 aromatic rings.